The molecule has 0 spiro atoms. The highest BCUT2D eigenvalue weighted by Crippen LogP contribution is 2.25. The van der Waals surface area contributed by atoms with Crippen LogP contribution in [0.3, 0.4) is 0 Å². The summed E-state index contributed by atoms with van der Waals surface area (Å²) in [5, 5.41) is 8.31. The Hall–Kier alpha value is -1.20. The quantitative estimate of drug-likeness (QED) is 0.758. The second kappa shape index (κ2) is 3.27. The topological polar surface area (TPSA) is 58.7 Å². The average molecular weight is 195 g/mol. The smallest absolute Gasteiger partial charge is 0.253 e. The molecule has 2 rings (SSSR count). The first-order valence-corrected chi connectivity index (χ1v) is 4.82. The zero-order valence-corrected chi connectivity index (χ0v) is 7.75. The molecular weight excluding hydrogens is 186 g/mol. The minimum absolute atomic E-state index is 0.00269. The standard InChI is InChI=1S/C8H9N3OS/c9-5-6-4-7(12)11(10-6)8-2-1-3-13-8/h1-3H,4-5,9H2. The molecule has 0 saturated heterocycles. The van der Waals surface area contributed by atoms with Crippen molar-refractivity contribution in [3.8, 4) is 0 Å². The van der Waals surface area contributed by atoms with Gasteiger partial charge >= 0.3 is 0 Å². The highest BCUT2D eigenvalue weighted by Gasteiger charge is 2.24. The lowest BCUT2D eigenvalue weighted by Gasteiger charge is -2.06. The number of rotatable bonds is 2. The van der Waals surface area contributed by atoms with Gasteiger partial charge in [-0.05, 0) is 17.5 Å². The van der Waals surface area contributed by atoms with Gasteiger partial charge in [-0.2, -0.15) is 10.1 Å². The van der Waals surface area contributed by atoms with Gasteiger partial charge in [0, 0.05) is 6.54 Å². The van der Waals surface area contributed by atoms with E-state index in [2.05, 4.69) is 5.10 Å². The Morgan fingerprint density at radius 3 is 3.08 bits per heavy atom. The molecule has 1 amide bonds. The van der Waals surface area contributed by atoms with Crippen LogP contribution in [0.2, 0.25) is 0 Å². The van der Waals surface area contributed by atoms with E-state index in [4.69, 9.17) is 5.73 Å². The Morgan fingerprint density at radius 2 is 2.54 bits per heavy atom. The van der Waals surface area contributed by atoms with Crippen LogP contribution in [-0.4, -0.2) is 18.2 Å². The second-order valence-electron chi connectivity index (χ2n) is 2.70. The van der Waals surface area contributed by atoms with Crippen LogP contribution in [0.4, 0.5) is 5.00 Å². The minimum atomic E-state index is 0.00269. The molecule has 1 aliphatic heterocycles. The van der Waals surface area contributed by atoms with Crippen LogP contribution in [0.1, 0.15) is 6.42 Å². The second-order valence-corrected chi connectivity index (χ2v) is 3.63. The molecule has 2 N–H and O–H groups in total. The SMILES string of the molecule is NCC1=NN(c2cccs2)C(=O)C1. The summed E-state index contributed by atoms with van der Waals surface area (Å²) in [6, 6.07) is 3.76. The van der Waals surface area contributed by atoms with E-state index in [0.717, 1.165) is 10.7 Å². The molecule has 1 aliphatic rings. The number of amides is 1. The highest BCUT2D eigenvalue weighted by atomic mass is 32.1. The number of hydrogen-bond acceptors (Lipinski definition) is 4. The van der Waals surface area contributed by atoms with Crippen molar-refractivity contribution < 1.29 is 4.79 Å². The van der Waals surface area contributed by atoms with Gasteiger partial charge in [-0.1, -0.05) is 0 Å². The van der Waals surface area contributed by atoms with Crippen molar-refractivity contribution in [3.05, 3.63) is 17.5 Å². The third kappa shape index (κ3) is 1.48. The fourth-order valence-corrected chi connectivity index (χ4v) is 1.85. The molecule has 0 unspecified atom stereocenters. The Morgan fingerprint density at radius 1 is 1.69 bits per heavy atom. The average Bonchev–Trinajstić information content (AvgIpc) is 2.72. The van der Waals surface area contributed by atoms with Gasteiger partial charge in [-0.3, -0.25) is 4.79 Å². The first kappa shape index (κ1) is 8.40. The lowest BCUT2D eigenvalue weighted by atomic mass is 10.3. The van der Waals surface area contributed by atoms with Gasteiger partial charge in [0.15, 0.2) is 0 Å². The first-order valence-electron chi connectivity index (χ1n) is 3.94. The molecule has 68 valence electrons. The predicted octanol–water partition coefficient (Wildman–Crippen LogP) is 0.800. The number of hydrazone groups is 1. The number of hydrogen-bond donors (Lipinski definition) is 1. The van der Waals surface area contributed by atoms with E-state index >= 15 is 0 Å². The van der Waals surface area contributed by atoms with Gasteiger partial charge in [-0.15, -0.1) is 11.3 Å². The summed E-state index contributed by atoms with van der Waals surface area (Å²) in [4.78, 5) is 11.4. The van der Waals surface area contributed by atoms with Crippen LogP contribution in [0.15, 0.2) is 22.6 Å². The van der Waals surface area contributed by atoms with Crippen molar-refractivity contribution in [1.29, 1.82) is 0 Å². The summed E-state index contributed by atoms with van der Waals surface area (Å²) in [6.45, 7) is 0.355. The number of nitrogens with two attached hydrogens (primary N) is 1. The van der Waals surface area contributed by atoms with Crippen molar-refractivity contribution >= 4 is 28.0 Å². The zero-order valence-electron chi connectivity index (χ0n) is 6.93. The minimum Gasteiger partial charge on any atom is -0.325 e. The molecule has 1 aromatic rings. The van der Waals surface area contributed by atoms with Gasteiger partial charge in [0.05, 0.1) is 12.1 Å². The summed E-state index contributed by atoms with van der Waals surface area (Å²) in [5.74, 6) is 0.00269. The van der Waals surface area contributed by atoms with Gasteiger partial charge in [0.1, 0.15) is 5.00 Å². The normalized spacial score (nSPS) is 16.5. The maximum Gasteiger partial charge on any atom is 0.253 e. The summed E-state index contributed by atoms with van der Waals surface area (Å²) in [6.07, 6.45) is 0.356. The molecule has 0 aliphatic carbocycles. The Bertz CT molecular complexity index is 344. The molecule has 0 saturated carbocycles. The van der Waals surface area contributed by atoms with Crippen molar-refractivity contribution in [2.75, 3.05) is 11.6 Å². The maximum atomic E-state index is 11.4. The van der Waals surface area contributed by atoms with E-state index < -0.39 is 0 Å². The van der Waals surface area contributed by atoms with E-state index in [1.54, 1.807) is 0 Å². The molecule has 0 fully saturated rings. The summed E-state index contributed by atoms with van der Waals surface area (Å²) in [7, 11) is 0. The molecule has 5 heteroatoms. The van der Waals surface area contributed by atoms with Crippen molar-refractivity contribution in [2.45, 2.75) is 6.42 Å². The van der Waals surface area contributed by atoms with Gasteiger partial charge in [0.2, 0.25) is 0 Å². The van der Waals surface area contributed by atoms with Crippen LogP contribution in [0, 0.1) is 0 Å². The number of carbonyl (C=O) groups excluding carboxylic acids is 1. The molecule has 0 aromatic carbocycles. The van der Waals surface area contributed by atoms with Gasteiger partial charge < -0.3 is 5.73 Å². The predicted molar refractivity (Wildman–Crippen MR) is 52.9 cm³/mol. The fraction of sp³-hybridized carbons (Fsp3) is 0.250. The van der Waals surface area contributed by atoms with Crippen LogP contribution in [0.5, 0.6) is 0 Å². The molecule has 2 heterocycles. The molecule has 0 atom stereocenters. The number of anilines is 1. The van der Waals surface area contributed by atoms with E-state index in [1.807, 2.05) is 17.5 Å². The number of nitrogens with zero attached hydrogens (tertiary/aromatic N) is 2. The van der Waals surface area contributed by atoms with Crippen molar-refractivity contribution in [2.24, 2.45) is 10.8 Å². The van der Waals surface area contributed by atoms with E-state index in [9.17, 15) is 4.79 Å². The Balaban J connectivity index is 2.26. The molecule has 0 radical (unpaired) electrons. The molecule has 13 heavy (non-hydrogen) atoms. The summed E-state index contributed by atoms with van der Waals surface area (Å²) < 4.78 is 0. The summed E-state index contributed by atoms with van der Waals surface area (Å²) in [5.41, 5.74) is 6.15. The zero-order chi connectivity index (χ0) is 9.26. The van der Waals surface area contributed by atoms with Gasteiger partial charge in [0.25, 0.3) is 5.91 Å². The van der Waals surface area contributed by atoms with Gasteiger partial charge in [-0.25, -0.2) is 0 Å². The third-order valence-electron chi connectivity index (χ3n) is 1.78. The van der Waals surface area contributed by atoms with E-state index in [0.29, 0.717) is 13.0 Å². The van der Waals surface area contributed by atoms with Crippen LogP contribution >= 0.6 is 11.3 Å². The Labute approximate surface area is 79.7 Å². The largest absolute Gasteiger partial charge is 0.325 e. The lowest BCUT2D eigenvalue weighted by Crippen LogP contribution is -2.18. The monoisotopic (exact) mass is 195 g/mol. The third-order valence-corrected chi connectivity index (χ3v) is 2.63. The molecular formula is C8H9N3OS. The maximum absolute atomic E-state index is 11.4. The van der Waals surface area contributed by atoms with Crippen LogP contribution < -0.4 is 10.7 Å². The highest BCUT2D eigenvalue weighted by molar-refractivity contribution is 7.14. The van der Waals surface area contributed by atoms with E-state index in [-0.39, 0.29) is 5.91 Å². The summed E-state index contributed by atoms with van der Waals surface area (Å²) >= 11 is 1.49. The molecule has 1 aromatic heterocycles. The van der Waals surface area contributed by atoms with Crippen LogP contribution in [0.25, 0.3) is 0 Å². The van der Waals surface area contributed by atoms with Crippen LogP contribution in [-0.2, 0) is 4.79 Å². The van der Waals surface area contributed by atoms with Crippen molar-refractivity contribution in [1.82, 2.24) is 0 Å². The van der Waals surface area contributed by atoms with Crippen molar-refractivity contribution in [3.63, 3.8) is 0 Å². The fourth-order valence-electron chi connectivity index (χ4n) is 1.16. The number of thiophene rings is 1. The first-order chi connectivity index (χ1) is 6.31. The molecule has 4 nitrogen and oxygen atoms in total. The lowest BCUT2D eigenvalue weighted by molar-refractivity contribution is -0.116. The van der Waals surface area contributed by atoms with E-state index in [1.165, 1.54) is 16.3 Å². The molecule has 0 bridgehead atoms. The Kier molecular flexibility index (Phi) is 2.12. The number of carbonyl (C=O) groups is 1.